The molecule has 0 bridgehead atoms. The van der Waals surface area contributed by atoms with E-state index in [2.05, 4.69) is 28.7 Å². The normalized spacial score (nSPS) is 10.0. The first-order valence-electron chi connectivity index (χ1n) is 6.36. The van der Waals surface area contributed by atoms with Gasteiger partial charge in [0.2, 0.25) is 0 Å². The van der Waals surface area contributed by atoms with E-state index in [1.165, 1.54) is 0 Å². The number of aromatic nitrogens is 2. The van der Waals surface area contributed by atoms with Gasteiger partial charge in [-0.3, -0.25) is 0 Å². The standard InChI is InChI=1S/C14H19N3O2.ClH/c1-5-17(6-2)14-10-7-12(18-3)13(19-4)8-11(10)15-9-16-14;/h7-9H,5-6H2,1-4H3;1H. The quantitative estimate of drug-likeness (QED) is 0.849. The molecule has 0 amide bonds. The highest BCUT2D eigenvalue weighted by atomic mass is 35.5. The molecule has 0 saturated heterocycles. The molecule has 2 rings (SSSR count). The zero-order chi connectivity index (χ0) is 13.8. The molecule has 20 heavy (non-hydrogen) atoms. The average molecular weight is 298 g/mol. The maximum atomic E-state index is 5.35. The Morgan fingerprint density at radius 1 is 1.00 bits per heavy atom. The molecule has 0 aliphatic carbocycles. The molecule has 1 heterocycles. The number of methoxy groups -OCH3 is 2. The highest BCUT2D eigenvalue weighted by Gasteiger charge is 2.13. The van der Waals surface area contributed by atoms with E-state index in [-0.39, 0.29) is 12.4 Å². The smallest absolute Gasteiger partial charge is 0.162 e. The number of benzene rings is 1. The zero-order valence-electron chi connectivity index (χ0n) is 12.2. The van der Waals surface area contributed by atoms with Crippen molar-refractivity contribution in [3.63, 3.8) is 0 Å². The Kier molecular flexibility index (Phi) is 5.82. The van der Waals surface area contributed by atoms with Gasteiger partial charge >= 0.3 is 0 Å². The van der Waals surface area contributed by atoms with E-state index in [0.29, 0.717) is 11.5 Å². The van der Waals surface area contributed by atoms with Crippen molar-refractivity contribution in [3.8, 4) is 11.5 Å². The lowest BCUT2D eigenvalue weighted by atomic mass is 10.2. The average Bonchev–Trinajstić information content (AvgIpc) is 2.47. The summed E-state index contributed by atoms with van der Waals surface area (Å²) in [6.07, 6.45) is 1.59. The molecular weight excluding hydrogens is 278 g/mol. The van der Waals surface area contributed by atoms with Crippen LogP contribution < -0.4 is 14.4 Å². The van der Waals surface area contributed by atoms with Crippen molar-refractivity contribution in [1.29, 1.82) is 0 Å². The minimum atomic E-state index is 0. The van der Waals surface area contributed by atoms with Gasteiger partial charge in [-0.25, -0.2) is 9.97 Å². The summed E-state index contributed by atoms with van der Waals surface area (Å²) >= 11 is 0. The fourth-order valence-electron chi connectivity index (χ4n) is 2.14. The second-order valence-corrected chi connectivity index (χ2v) is 4.09. The van der Waals surface area contributed by atoms with E-state index < -0.39 is 0 Å². The summed E-state index contributed by atoms with van der Waals surface area (Å²) in [7, 11) is 3.25. The number of fused-ring (bicyclic) bond motifs is 1. The first kappa shape index (κ1) is 16.3. The van der Waals surface area contributed by atoms with Gasteiger partial charge in [0.15, 0.2) is 11.5 Å². The number of halogens is 1. The third-order valence-corrected chi connectivity index (χ3v) is 3.18. The first-order chi connectivity index (χ1) is 9.24. The fraction of sp³-hybridized carbons (Fsp3) is 0.429. The van der Waals surface area contributed by atoms with Crippen LogP contribution in [0.3, 0.4) is 0 Å². The van der Waals surface area contributed by atoms with Gasteiger partial charge in [0, 0.05) is 24.5 Å². The summed E-state index contributed by atoms with van der Waals surface area (Å²) in [5.74, 6) is 2.30. The minimum absolute atomic E-state index is 0. The number of hydrogen-bond acceptors (Lipinski definition) is 5. The van der Waals surface area contributed by atoms with Gasteiger partial charge < -0.3 is 14.4 Å². The van der Waals surface area contributed by atoms with Gasteiger partial charge in [0.05, 0.1) is 19.7 Å². The monoisotopic (exact) mass is 297 g/mol. The Morgan fingerprint density at radius 2 is 1.60 bits per heavy atom. The van der Waals surface area contributed by atoms with Crippen molar-refractivity contribution in [2.45, 2.75) is 13.8 Å². The lowest BCUT2D eigenvalue weighted by Crippen LogP contribution is -2.23. The van der Waals surface area contributed by atoms with Crippen LogP contribution in [0, 0.1) is 0 Å². The molecule has 0 atom stereocenters. The Morgan fingerprint density at radius 3 is 2.15 bits per heavy atom. The largest absolute Gasteiger partial charge is 0.493 e. The SMILES string of the molecule is CCN(CC)c1ncnc2cc(OC)c(OC)cc12.Cl. The number of rotatable bonds is 5. The molecule has 0 saturated carbocycles. The number of hydrogen-bond donors (Lipinski definition) is 0. The molecule has 0 aliphatic heterocycles. The number of anilines is 1. The van der Waals surface area contributed by atoms with Crippen molar-refractivity contribution in [3.05, 3.63) is 18.5 Å². The van der Waals surface area contributed by atoms with Gasteiger partial charge in [-0.2, -0.15) is 0 Å². The molecule has 2 aromatic rings. The Bertz CT molecular complexity index is 574. The van der Waals surface area contributed by atoms with Crippen molar-refractivity contribution in [2.24, 2.45) is 0 Å². The van der Waals surface area contributed by atoms with Crippen LogP contribution in [-0.4, -0.2) is 37.3 Å². The van der Waals surface area contributed by atoms with Crippen molar-refractivity contribution in [1.82, 2.24) is 9.97 Å². The third-order valence-electron chi connectivity index (χ3n) is 3.18. The maximum Gasteiger partial charge on any atom is 0.162 e. The molecular formula is C14H20ClN3O2. The van der Waals surface area contributed by atoms with Crippen LogP contribution >= 0.6 is 12.4 Å². The van der Waals surface area contributed by atoms with Crippen LogP contribution in [0.5, 0.6) is 11.5 Å². The van der Waals surface area contributed by atoms with E-state index in [1.54, 1.807) is 20.5 Å². The van der Waals surface area contributed by atoms with Crippen LogP contribution in [0.15, 0.2) is 18.5 Å². The second-order valence-electron chi connectivity index (χ2n) is 4.09. The predicted molar refractivity (Wildman–Crippen MR) is 83.5 cm³/mol. The lowest BCUT2D eigenvalue weighted by molar-refractivity contribution is 0.356. The van der Waals surface area contributed by atoms with Crippen LogP contribution in [0.2, 0.25) is 0 Å². The molecule has 110 valence electrons. The van der Waals surface area contributed by atoms with Gasteiger partial charge in [-0.15, -0.1) is 12.4 Å². The van der Waals surface area contributed by atoms with E-state index in [9.17, 15) is 0 Å². The van der Waals surface area contributed by atoms with Crippen molar-refractivity contribution >= 4 is 29.1 Å². The Labute approximate surface area is 125 Å². The molecule has 0 radical (unpaired) electrons. The van der Waals surface area contributed by atoms with Gasteiger partial charge in [-0.1, -0.05) is 0 Å². The van der Waals surface area contributed by atoms with E-state index in [0.717, 1.165) is 29.8 Å². The highest BCUT2D eigenvalue weighted by molar-refractivity contribution is 5.92. The Hall–Kier alpha value is -1.75. The molecule has 0 fully saturated rings. The summed E-state index contributed by atoms with van der Waals surface area (Å²) in [5.41, 5.74) is 0.856. The molecule has 0 aliphatic rings. The van der Waals surface area contributed by atoms with Gasteiger partial charge in [0.1, 0.15) is 12.1 Å². The third kappa shape index (κ3) is 2.88. The minimum Gasteiger partial charge on any atom is -0.493 e. The summed E-state index contributed by atoms with van der Waals surface area (Å²) in [6, 6.07) is 3.81. The maximum absolute atomic E-state index is 5.35. The van der Waals surface area contributed by atoms with Crippen LogP contribution in [-0.2, 0) is 0 Å². The topological polar surface area (TPSA) is 47.5 Å². The van der Waals surface area contributed by atoms with Crippen LogP contribution in [0.4, 0.5) is 5.82 Å². The van der Waals surface area contributed by atoms with Gasteiger partial charge in [0.25, 0.3) is 0 Å². The summed E-state index contributed by atoms with van der Waals surface area (Å²) < 4.78 is 10.6. The van der Waals surface area contributed by atoms with E-state index in [4.69, 9.17) is 9.47 Å². The second kappa shape index (κ2) is 7.14. The van der Waals surface area contributed by atoms with Crippen molar-refractivity contribution in [2.75, 3.05) is 32.2 Å². The van der Waals surface area contributed by atoms with Crippen LogP contribution in [0.1, 0.15) is 13.8 Å². The highest BCUT2D eigenvalue weighted by Crippen LogP contribution is 2.34. The molecule has 0 spiro atoms. The molecule has 1 aromatic heterocycles. The first-order valence-corrected chi connectivity index (χ1v) is 6.36. The number of nitrogens with zero attached hydrogens (tertiary/aromatic N) is 3. The van der Waals surface area contributed by atoms with E-state index >= 15 is 0 Å². The summed E-state index contributed by atoms with van der Waals surface area (Å²) in [4.78, 5) is 10.9. The molecule has 0 unspecified atom stereocenters. The summed E-state index contributed by atoms with van der Waals surface area (Å²) in [5, 5.41) is 0.976. The fourth-order valence-corrected chi connectivity index (χ4v) is 2.14. The number of ether oxygens (including phenoxy) is 2. The molecule has 0 N–H and O–H groups in total. The molecule has 5 nitrogen and oxygen atoms in total. The molecule has 1 aromatic carbocycles. The zero-order valence-corrected chi connectivity index (χ0v) is 13.0. The predicted octanol–water partition coefficient (Wildman–Crippen LogP) is 2.92. The molecule has 6 heteroatoms. The summed E-state index contributed by atoms with van der Waals surface area (Å²) in [6.45, 7) is 6.02. The van der Waals surface area contributed by atoms with Crippen LogP contribution in [0.25, 0.3) is 10.9 Å². The van der Waals surface area contributed by atoms with E-state index in [1.807, 2.05) is 12.1 Å². The van der Waals surface area contributed by atoms with Gasteiger partial charge in [-0.05, 0) is 19.9 Å². The van der Waals surface area contributed by atoms with Crippen molar-refractivity contribution < 1.29 is 9.47 Å². The lowest BCUT2D eigenvalue weighted by Gasteiger charge is -2.21. The Balaban J connectivity index is 0.00000200.